The van der Waals surface area contributed by atoms with E-state index < -0.39 is 6.61 Å². The van der Waals surface area contributed by atoms with Crippen LogP contribution in [0, 0.1) is 5.92 Å². The number of carbonyl (C=O) groups is 1. The van der Waals surface area contributed by atoms with E-state index in [2.05, 4.69) is 16.5 Å². The van der Waals surface area contributed by atoms with E-state index >= 15 is 0 Å². The van der Waals surface area contributed by atoms with E-state index in [1.807, 2.05) is 0 Å². The highest BCUT2D eigenvalue weighted by atomic mass is 32.2. The van der Waals surface area contributed by atoms with Crippen molar-refractivity contribution in [2.75, 3.05) is 0 Å². The lowest BCUT2D eigenvalue weighted by atomic mass is 9.85. The molecule has 5 heteroatoms. The van der Waals surface area contributed by atoms with Crippen molar-refractivity contribution in [1.29, 1.82) is 0 Å². The molecule has 2 aliphatic heterocycles. The monoisotopic (exact) mass is 326 g/mol. The molecule has 2 fully saturated rings. The van der Waals surface area contributed by atoms with Crippen LogP contribution in [-0.4, -0.2) is 22.9 Å². The molecule has 120 valence electrons. The van der Waals surface area contributed by atoms with Gasteiger partial charge in [0.25, 0.3) is 0 Å². The van der Waals surface area contributed by atoms with Gasteiger partial charge in [0.15, 0.2) is 0 Å². The van der Waals surface area contributed by atoms with Gasteiger partial charge in [0.2, 0.25) is 0 Å². The Morgan fingerprint density at radius 2 is 2.00 bits per heavy atom. The van der Waals surface area contributed by atoms with Crippen molar-refractivity contribution in [3.05, 3.63) is 29.8 Å². The number of alkyl halides is 2. The number of carbonyl (C=O) groups excluding carboxylic acids is 1. The minimum Gasteiger partial charge on any atom is -0.435 e. The highest BCUT2D eigenvalue weighted by Gasteiger charge is 2.35. The average Bonchev–Trinajstić information content (AvgIpc) is 2.46. The average molecular weight is 326 g/mol. The van der Waals surface area contributed by atoms with Gasteiger partial charge in [-0.25, -0.2) is 0 Å². The van der Waals surface area contributed by atoms with Gasteiger partial charge in [-0.1, -0.05) is 18.6 Å². The summed E-state index contributed by atoms with van der Waals surface area (Å²) in [4.78, 5) is 12.5. The highest BCUT2D eigenvalue weighted by Crippen LogP contribution is 2.44. The van der Waals surface area contributed by atoms with E-state index in [0.29, 0.717) is 16.9 Å². The van der Waals surface area contributed by atoms with Gasteiger partial charge in [0.1, 0.15) is 11.5 Å². The number of benzene rings is 1. The molecule has 0 saturated carbocycles. The van der Waals surface area contributed by atoms with Crippen molar-refractivity contribution < 1.29 is 18.3 Å². The summed E-state index contributed by atoms with van der Waals surface area (Å²) < 4.78 is 28.9. The molecule has 0 spiro atoms. The predicted octanol–water partition coefficient (Wildman–Crippen LogP) is 4.46. The molecular formula is C17H20F2O2S. The van der Waals surface area contributed by atoms with Crippen molar-refractivity contribution >= 4 is 17.5 Å². The number of halogens is 2. The van der Waals surface area contributed by atoms with Crippen molar-refractivity contribution in [3.8, 4) is 5.75 Å². The molecular weight excluding hydrogens is 306 g/mol. The van der Waals surface area contributed by atoms with Gasteiger partial charge in [-0.2, -0.15) is 20.5 Å². The summed E-state index contributed by atoms with van der Waals surface area (Å²) in [5.74, 6) is 0.499. The molecule has 2 saturated heterocycles. The zero-order valence-corrected chi connectivity index (χ0v) is 13.2. The van der Waals surface area contributed by atoms with Gasteiger partial charge in [-0.3, -0.25) is 4.79 Å². The van der Waals surface area contributed by atoms with Crippen LogP contribution in [0.1, 0.15) is 37.7 Å². The maximum absolute atomic E-state index is 12.5. The van der Waals surface area contributed by atoms with Crippen molar-refractivity contribution in [2.45, 2.75) is 55.6 Å². The van der Waals surface area contributed by atoms with Crippen LogP contribution in [0.4, 0.5) is 8.78 Å². The zero-order valence-electron chi connectivity index (χ0n) is 12.3. The fourth-order valence-corrected chi connectivity index (χ4v) is 5.34. The van der Waals surface area contributed by atoms with Crippen molar-refractivity contribution in [3.63, 3.8) is 0 Å². The van der Waals surface area contributed by atoms with Crippen LogP contribution < -0.4 is 4.74 Å². The van der Waals surface area contributed by atoms with Crippen LogP contribution in [0.3, 0.4) is 0 Å². The first-order valence-corrected chi connectivity index (χ1v) is 8.76. The number of rotatable bonds is 5. The van der Waals surface area contributed by atoms with Gasteiger partial charge in [0.05, 0.1) is 0 Å². The lowest BCUT2D eigenvalue weighted by molar-refractivity contribution is -0.122. The lowest BCUT2D eigenvalue weighted by Crippen LogP contribution is -2.33. The van der Waals surface area contributed by atoms with Gasteiger partial charge >= 0.3 is 6.61 Å². The summed E-state index contributed by atoms with van der Waals surface area (Å²) in [6, 6.07) is 6.49. The molecule has 2 bridgehead atoms. The van der Waals surface area contributed by atoms with Crippen LogP contribution in [0.2, 0.25) is 0 Å². The molecule has 1 aromatic carbocycles. The SMILES string of the molecule is O=C(Cc1cccc(OC(F)F)c1)C1CC2CCCC(C1)S2. The molecule has 0 aromatic heterocycles. The summed E-state index contributed by atoms with van der Waals surface area (Å²) >= 11 is 2.05. The maximum Gasteiger partial charge on any atom is 0.387 e. The second kappa shape index (κ2) is 6.99. The van der Waals surface area contributed by atoms with E-state index in [4.69, 9.17) is 0 Å². The number of Topliss-reactive ketones (excluding diaryl/α,β-unsaturated/α-hetero) is 1. The quantitative estimate of drug-likeness (QED) is 0.799. The van der Waals surface area contributed by atoms with E-state index in [0.717, 1.165) is 18.4 Å². The number of hydrogen-bond donors (Lipinski definition) is 0. The summed E-state index contributed by atoms with van der Waals surface area (Å²) in [5.41, 5.74) is 0.756. The molecule has 0 amide bonds. The second-order valence-corrected chi connectivity index (χ2v) is 7.75. The first kappa shape index (κ1) is 15.8. The summed E-state index contributed by atoms with van der Waals surface area (Å²) in [5, 5.41) is 1.27. The smallest absolute Gasteiger partial charge is 0.387 e. The highest BCUT2D eigenvalue weighted by molar-refractivity contribution is 8.00. The number of fused-ring (bicyclic) bond motifs is 2. The molecule has 1 aromatic rings. The molecule has 2 atom stereocenters. The summed E-state index contributed by atoms with van der Waals surface area (Å²) in [6.45, 7) is -2.83. The van der Waals surface area contributed by atoms with E-state index in [1.54, 1.807) is 18.2 Å². The van der Waals surface area contributed by atoms with Crippen LogP contribution >= 0.6 is 11.8 Å². The summed E-state index contributed by atoms with van der Waals surface area (Å²) in [7, 11) is 0. The fourth-order valence-electron chi connectivity index (χ4n) is 3.50. The topological polar surface area (TPSA) is 26.3 Å². The first-order valence-electron chi connectivity index (χ1n) is 7.82. The minimum atomic E-state index is -2.83. The molecule has 0 radical (unpaired) electrons. The molecule has 2 heterocycles. The predicted molar refractivity (Wildman–Crippen MR) is 83.5 cm³/mol. The van der Waals surface area contributed by atoms with Crippen LogP contribution in [0.25, 0.3) is 0 Å². The molecule has 2 aliphatic rings. The maximum atomic E-state index is 12.5. The minimum absolute atomic E-state index is 0.122. The van der Waals surface area contributed by atoms with Crippen molar-refractivity contribution in [2.24, 2.45) is 5.92 Å². The van der Waals surface area contributed by atoms with Crippen LogP contribution in [0.5, 0.6) is 5.75 Å². The normalized spacial score (nSPS) is 27.7. The Morgan fingerprint density at radius 1 is 1.27 bits per heavy atom. The number of ketones is 1. The Balaban J connectivity index is 1.61. The Bertz CT molecular complexity index is 523. The van der Waals surface area contributed by atoms with E-state index in [9.17, 15) is 13.6 Å². The lowest BCUT2D eigenvalue weighted by Gasteiger charge is -2.38. The Labute approximate surface area is 133 Å². The molecule has 3 rings (SSSR count). The largest absolute Gasteiger partial charge is 0.435 e. The third kappa shape index (κ3) is 4.00. The molecule has 2 nitrogen and oxygen atoms in total. The van der Waals surface area contributed by atoms with Gasteiger partial charge < -0.3 is 4.74 Å². The van der Waals surface area contributed by atoms with E-state index in [-0.39, 0.29) is 17.5 Å². The molecule has 0 aliphatic carbocycles. The van der Waals surface area contributed by atoms with Gasteiger partial charge in [-0.15, -0.1) is 0 Å². The fraction of sp³-hybridized carbons (Fsp3) is 0.588. The third-order valence-corrected chi connectivity index (χ3v) is 6.12. The second-order valence-electron chi connectivity index (χ2n) is 6.15. The molecule has 22 heavy (non-hydrogen) atoms. The Morgan fingerprint density at radius 3 is 2.68 bits per heavy atom. The standard InChI is InChI=1S/C17H20F2O2S/c18-17(19)21-13-4-1-3-11(7-13)8-16(20)12-9-14-5-2-6-15(10-12)22-14/h1,3-4,7,12,14-15,17H,2,5-6,8-10H2. The van der Waals surface area contributed by atoms with Gasteiger partial charge in [0, 0.05) is 22.8 Å². The van der Waals surface area contributed by atoms with Crippen LogP contribution in [0.15, 0.2) is 24.3 Å². The molecule has 0 N–H and O–H groups in total. The van der Waals surface area contributed by atoms with Crippen molar-refractivity contribution in [1.82, 2.24) is 0 Å². The third-order valence-electron chi connectivity index (χ3n) is 4.49. The number of hydrogen-bond acceptors (Lipinski definition) is 3. The van der Waals surface area contributed by atoms with Crippen LogP contribution in [-0.2, 0) is 11.2 Å². The van der Waals surface area contributed by atoms with E-state index in [1.165, 1.54) is 25.3 Å². The Hall–Kier alpha value is -1.10. The number of thioether (sulfide) groups is 1. The Kier molecular flexibility index (Phi) is 5.01. The zero-order chi connectivity index (χ0) is 15.5. The number of ether oxygens (including phenoxy) is 1. The first-order chi connectivity index (χ1) is 10.6. The van der Waals surface area contributed by atoms with Gasteiger partial charge in [-0.05, 0) is 43.4 Å². The molecule has 2 unspecified atom stereocenters. The summed E-state index contributed by atoms with van der Waals surface area (Å²) in [6.07, 6.45) is 6.01.